The van der Waals surface area contributed by atoms with Gasteiger partial charge in [-0.2, -0.15) is 0 Å². The summed E-state index contributed by atoms with van der Waals surface area (Å²) in [5.41, 5.74) is 1.08. The lowest BCUT2D eigenvalue weighted by Gasteiger charge is -2.24. The summed E-state index contributed by atoms with van der Waals surface area (Å²) in [5.74, 6) is -0.805. The molecule has 29 heavy (non-hydrogen) atoms. The summed E-state index contributed by atoms with van der Waals surface area (Å²) in [6.07, 6.45) is 0.400. The molecule has 4 rings (SSSR count). The summed E-state index contributed by atoms with van der Waals surface area (Å²) >= 11 is 0. The third-order valence-electron chi connectivity index (χ3n) is 5.05. The number of hydrogen-bond donors (Lipinski definition) is 2. The van der Waals surface area contributed by atoms with Crippen molar-refractivity contribution in [3.8, 4) is 0 Å². The highest BCUT2D eigenvalue weighted by molar-refractivity contribution is 5.99. The zero-order valence-corrected chi connectivity index (χ0v) is 15.7. The molecule has 0 spiro atoms. The van der Waals surface area contributed by atoms with Crippen molar-refractivity contribution in [1.82, 2.24) is 14.9 Å². The topological polar surface area (TPSA) is 93.1 Å². The van der Waals surface area contributed by atoms with Gasteiger partial charge in [0, 0.05) is 24.2 Å². The first kappa shape index (κ1) is 18.8. The molecule has 1 atom stereocenters. The molecule has 1 fully saturated rings. The molecule has 0 saturated carbocycles. The third-order valence-corrected chi connectivity index (χ3v) is 5.05. The number of hydrogen-bond acceptors (Lipinski definition) is 5. The van der Waals surface area contributed by atoms with E-state index < -0.39 is 11.9 Å². The van der Waals surface area contributed by atoms with Crippen molar-refractivity contribution in [2.45, 2.75) is 32.4 Å². The van der Waals surface area contributed by atoms with Crippen molar-refractivity contribution < 1.29 is 14.0 Å². The number of carbonyl (C=O) groups is 2. The van der Waals surface area contributed by atoms with E-state index in [4.69, 9.17) is 0 Å². The Morgan fingerprint density at radius 2 is 1.97 bits per heavy atom. The summed E-state index contributed by atoms with van der Waals surface area (Å²) in [6.45, 7) is 1.85. The van der Waals surface area contributed by atoms with Gasteiger partial charge < -0.3 is 5.32 Å². The highest BCUT2D eigenvalue weighted by Gasteiger charge is 2.30. The lowest BCUT2D eigenvalue weighted by molar-refractivity contribution is -0.135. The predicted octanol–water partition coefficient (Wildman–Crippen LogP) is 2.43. The van der Waals surface area contributed by atoms with Crippen molar-refractivity contribution in [2.75, 3.05) is 5.32 Å². The average Bonchev–Trinajstić information content (AvgIpc) is 2.68. The van der Waals surface area contributed by atoms with Crippen LogP contribution >= 0.6 is 0 Å². The monoisotopic (exact) mass is 394 g/mol. The van der Waals surface area contributed by atoms with E-state index in [-0.39, 0.29) is 36.7 Å². The van der Waals surface area contributed by atoms with Gasteiger partial charge in [-0.3, -0.25) is 24.3 Å². The van der Waals surface area contributed by atoms with Crippen LogP contribution in [-0.4, -0.2) is 21.4 Å². The zero-order chi connectivity index (χ0) is 20.5. The number of fused-ring (bicyclic) bond motifs is 1. The molecule has 2 amide bonds. The molecule has 1 aliphatic rings. The minimum Gasteiger partial charge on any atom is -0.380 e. The van der Waals surface area contributed by atoms with Gasteiger partial charge in [0.15, 0.2) is 0 Å². The Morgan fingerprint density at radius 1 is 1.17 bits per heavy atom. The van der Waals surface area contributed by atoms with Crippen LogP contribution < -0.4 is 16.2 Å². The van der Waals surface area contributed by atoms with E-state index >= 15 is 0 Å². The molecule has 148 valence electrons. The molecule has 1 unspecified atom stereocenters. The van der Waals surface area contributed by atoms with Gasteiger partial charge in [0.1, 0.15) is 17.7 Å². The van der Waals surface area contributed by atoms with E-state index in [1.54, 1.807) is 43.3 Å². The Labute approximate surface area is 165 Å². The lowest BCUT2D eigenvalue weighted by atomic mass is 10.1. The number of piperidine rings is 1. The van der Waals surface area contributed by atoms with E-state index in [9.17, 15) is 18.8 Å². The number of aryl methyl sites for hydroxylation is 1. The summed E-state index contributed by atoms with van der Waals surface area (Å²) in [5, 5.41) is 5.70. The van der Waals surface area contributed by atoms with Crippen molar-refractivity contribution >= 4 is 28.4 Å². The van der Waals surface area contributed by atoms with Gasteiger partial charge >= 0.3 is 0 Å². The van der Waals surface area contributed by atoms with Crippen molar-refractivity contribution in [1.29, 1.82) is 0 Å². The fourth-order valence-corrected chi connectivity index (χ4v) is 3.63. The molecule has 1 saturated heterocycles. The highest BCUT2D eigenvalue weighted by Crippen LogP contribution is 2.24. The summed E-state index contributed by atoms with van der Waals surface area (Å²) < 4.78 is 15.3. The molecular formula is C21H19FN4O3. The van der Waals surface area contributed by atoms with E-state index in [0.717, 1.165) is 0 Å². The van der Waals surface area contributed by atoms with Crippen molar-refractivity contribution in [3.05, 3.63) is 70.0 Å². The summed E-state index contributed by atoms with van der Waals surface area (Å²) in [6, 6.07) is 10.8. The van der Waals surface area contributed by atoms with Gasteiger partial charge in [-0.05, 0) is 31.5 Å². The number of nitrogens with one attached hydrogen (secondary N) is 2. The number of anilines is 1. The number of halogens is 1. The van der Waals surface area contributed by atoms with Crippen LogP contribution in [0.25, 0.3) is 10.9 Å². The van der Waals surface area contributed by atoms with Gasteiger partial charge in [-0.25, -0.2) is 9.37 Å². The van der Waals surface area contributed by atoms with Crippen LogP contribution in [0, 0.1) is 12.7 Å². The van der Waals surface area contributed by atoms with E-state index in [1.807, 2.05) is 0 Å². The maximum Gasteiger partial charge on any atom is 0.264 e. The number of carbonyl (C=O) groups excluding carboxylic acids is 2. The van der Waals surface area contributed by atoms with Gasteiger partial charge in [0.05, 0.1) is 10.9 Å². The first-order chi connectivity index (χ1) is 14.0. The summed E-state index contributed by atoms with van der Waals surface area (Å²) in [7, 11) is 0. The van der Waals surface area contributed by atoms with Crippen LogP contribution in [0.15, 0.2) is 47.3 Å². The molecule has 0 radical (unpaired) electrons. The minimum atomic E-state index is -0.795. The number of imide groups is 1. The average molecular weight is 394 g/mol. The molecule has 2 aromatic carbocycles. The van der Waals surface area contributed by atoms with Crippen LogP contribution in [-0.2, 0) is 16.1 Å². The first-order valence-electron chi connectivity index (χ1n) is 9.28. The number of aromatic nitrogens is 2. The molecule has 0 bridgehead atoms. The molecule has 1 aromatic heterocycles. The van der Waals surface area contributed by atoms with Crippen LogP contribution in [0.1, 0.15) is 30.3 Å². The quantitative estimate of drug-likeness (QED) is 0.663. The molecular weight excluding hydrogens is 375 g/mol. The van der Waals surface area contributed by atoms with Gasteiger partial charge in [-0.1, -0.05) is 24.3 Å². The molecule has 1 aliphatic heterocycles. The summed E-state index contributed by atoms with van der Waals surface area (Å²) in [4.78, 5) is 41.6. The van der Waals surface area contributed by atoms with Gasteiger partial charge in [0.2, 0.25) is 11.8 Å². The Hall–Kier alpha value is -3.55. The number of nitrogens with zero attached hydrogens (tertiary/aromatic N) is 2. The highest BCUT2D eigenvalue weighted by atomic mass is 19.1. The SMILES string of the molecule is Cc1nc2cccc(NCc3ccccc3F)c2c(=O)n1C1CCC(=O)NC1=O. The van der Waals surface area contributed by atoms with E-state index in [1.165, 1.54) is 10.6 Å². The fraction of sp³-hybridized carbons (Fsp3) is 0.238. The van der Waals surface area contributed by atoms with Crippen molar-refractivity contribution in [3.63, 3.8) is 0 Å². The largest absolute Gasteiger partial charge is 0.380 e. The molecule has 0 aliphatic carbocycles. The smallest absolute Gasteiger partial charge is 0.264 e. The van der Waals surface area contributed by atoms with Crippen LogP contribution in [0.2, 0.25) is 0 Å². The molecule has 8 heteroatoms. The lowest BCUT2D eigenvalue weighted by Crippen LogP contribution is -2.45. The molecule has 7 nitrogen and oxygen atoms in total. The number of rotatable bonds is 4. The number of benzene rings is 2. The molecule has 3 aromatic rings. The maximum absolute atomic E-state index is 13.9. The van der Waals surface area contributed by atoms with Crippen molar-refractivity contribution in [2.24, 2.45) is 0 Å². The maximum atomic E-state index is 13.9. The standard InChI is InChI=1S/C21H19FN4O3/c1-12-24-16-8-4-7-15(23-11-13-5-2-3-6-14(13)22)19(16)21(29)26(12)17-9-10-18(27)25-20(17)28/h2-8,17,23H,9-11H2,1H3,(H,25,27,28). The Balaban J connectivity index is 1.77. The van der Waals surface area contributed by atoms with E-state index in [0.29, 0.717) is 28.0 Å². The second-order valence-electron chi connectivity index (χ2n) is 6.95. The molecule has 2 N–H and O–H groups in total. The zero-order valence-electron chi connectivity index (χ0n) is 15.7. The molecule has 2 heterocycles. The Bertz CT molecular complexity index is 1190. The third kappa shape index (κ3) is 3.49. The second kappa shape index (κ2) is 7.46. The van der Waals surface area contributed by atoms with E-state index in [2.05, 4.69) is 15.6 Å². The normalized spacial score (nSPS) is 16.7. The van der Waals surface area contributed by atoms with Crippen LogP contribution in [0.5, 0.6) is 0 Å². The van der Waals surface area contributed by atoms with Crippen LogP contribution in [0.3, 0.4) is 0 Å². The Kier molecular flexibility index (Phi) is 4.84. The van der Waals surface area contributed by atoms with Gasteiger partial charge in [0.25, 0.3) is 5.56 Å². The fourth-order valence-electron chi connectivity index (χ4n) is 3.63. The predicted molar refractivity (Wildman–Crippen MR) is 106 cm³/mol. The second-order valence-corrected chi connectivity index (χ2v) is 6.95. The number of amides is 2. The first-order valence-corrected chi connectivity index (χ1v) is 9.28. The van der Waals surface area contributed by atoms with Gasteiger partial charge in [-0.15, -0.1) is 0 Å². The van der Waals surface area contributed by atoms with Crippen LogP contribution in [0.4, 0.5) is 10.1 Å². The Morgan fingerprint density at radius 3 is 2.72 bits per heavy atom. The minimum absolute atomic E-state index is 0.160.